The molecule has 1 aliphatic carbocycles. The van der Waals surface area contributed by atoms with E-state index in [1.807, 2.05) is 19.1 Å². The van der Waals surface area contributed by atoms with Crippen LogP contribution in [0.3, 0.4) is 0 Å². The summed E-state index contributed by atoms with van der Waals surface area (Å²) in [6, 6.07) is 4.57. The maximum Gasteiger partial charge on any atom is 0.0614 e. The molecule has 3 nitrogen and oxygen atoms in total. The van der Waals surface area contributed by atoms with Gasteiger partial charge in [0, 0.05) is 30.7 Å². The van der Waals surface area contributed by atoms with Crippen molar-refractivity contribution in [3.05, 3.63) is 24.5 Å². The van der Waals surface area contributed by atoms with Crippen molar-refractivity contribution in [1.29, 1.82) is 0 Å². The summed E-state index contributed by atoms with van der Waals surface area (Å²) in [6.45, 7) is 2.87. The number of rotatable bonds is 4. The Morgan fingerprint density at radius 3 is 2.79 bits per heavy atom. The van der Waals surface area contributed by atoms with Crippen LogP contribution in [-0.4, -0.2) is 23.7 Å². The maximum atomic E-state index is 5.49. The van der Waals surface area contributed by atoms with Gasteiger partial charge in [-0.15, -0.1) is 0 Å². The first-order chi connectivity index (χ1) is 6.88. The van der Waals surface area contributed by atoms with Gasteiger partial charge in [-0.3, -0.25) is 4.98 Å². The Bertz CT molecular complexity index is 270. The molecule has 2 rings (SSSR count). The number of anilines is 1. The monoisotopic (exact) mass is 192 g/mol. The lowest BCUT2D eigenvalue weighted by molar-refractivity contribution is 0.00299. The smallest absolute Gasteiger partial charge is 0.0614 e. The van der Waals surface area contributed by atoms with E-state index in [1.54, 1.807) is 12.4 Å². The molecule has 1 fully saturated rings. The van der Waals surface area contributed by atoms with Crippen LogP contribution in [-0.2, 0) is 4.74 Å². The lowest BCUT2D eigenvalue weighted by atomic mass is 9.89. The lowest BCUT2D eigenvalue weighted by Gasteiger charge is -2.35. The SMILES string of the molecule is CCOC1CC(Nc2ccncc2)C1. The Morgan fingerprint density at radius 1 is 1.43 bits per heavy atom. The average Bonchev–Trinajstić information content (AvgIpc) is 2.16. The molecule has 1 aliphatic rings. The van der Waals surface area contributed by atoms with Gasteiger partial charge in [0.05, 0.1) is 6.10 Å². The molecule has 0 unspecified atom stereocenters. The third-order valence-electron chi connectivity index (χ3n) is 2.55. The van der Waals surface area contributed by atoms with Crippen molar-refractivity contribution in [2.24, 2.45) is 0 Å². The molecule has 0 bridgehead atoms. The molecule has 14 heavy (non-hydrogen) atoms. The summed E-state index contributed by atoms with van der Waals surface area (Å²) in [7, 11) is 0. The second kappa shape index (κ2) is 4.42. The minimum absolute atomic E-state index is 0.472. The zero-order chi connectivity index (χ0) is 9.80. The van der Waals surface area contributed by atoms with Gasteiger partial charge in [-0.1, -0.05) is 0 Å². The van der Waals surface area contributed by atoms with E-state index in [0.717, 1.165) is 25.1 Å². The fourth-order valence-corrected chi connectivity index (χ4v) is 1.74. The van der Waals surface area contributed by atoms with Gasteiger partial charge >= 0.3 is 0 Å². The van der Waals surface area contributed by atoms with Gasteiger partial charge < -0.3 is 10.1 Å². The zero-order valence-corrected chi connectivity index (χ0v) is 8.44. The molecule has 0 radical (unpaired) electrons. The predicted molar refractivity (Wildman–Crippen MR) is 56.3 cm³/mol. The second-order valence-electron chi connectivity index (χ2n) is 3.63. The van der Waals surface area contributed by atoms with E-state index >= 15 is 0 Å². The topological polar surface area (TPSA) is 34.1 Å². The third-order valence-corrected chi connectivity index (χ3v) is 2.55. The number of aromatic nitrogens is 1. The molecule has 1 aromatic rings. The number of nitrogens with zero attached hydrogens (tertiary/aromatic N) is 1. The maximum absolute atomic E-state index is 5.49. The van der Waals surface area contributed by atoms with Crippen molar-refractivity contribution in [3.8, 4) is 0 Å². The highest BCUT2D eigenvalue weighted by Gasteiger charge is 2.29. The van der Waals surface area contributed by atoms with E-state index in [-0.39, 0.29) is 0 Å². The van der Waals surface area contributed by atoms with Gasteiger partial charge in [0.1, 0.15) is 0 Å². The van der Waals surface area contributed by atoms with Gasteiger partial charge in [-0.05, 0) is 31.9 Å². The molecule has 0 aromatic carbocycles. The highest BCUT2D eigenvalue weighted by molar-refractivity contribution is 5.42. The summed E-state index contributed by atoms with van der Waals surface area (Å²) in [5.41, 5.74) is 1.15. The molecular formula is C11H16N2O. The molecule has 0 saturated heterocycles. The molecular weight excluding hydrogens is 176 g/mol. The summed E-state index contributed by atoms with van der Waals surface area (Å²) in [5.74, 6) is 0. The zero-order valence-electron chi connectivity index (χ0n) is 8.44. The van der Waals surface area contributed by atoms with Crippen LogP contribution in [0.15, 0.2) is 24.5 Å². The van der Waals surface area contributed by atoms with E-state index in [0.29, 0.717) is 12.1 Å². The Morgan fingerprint density at radius 2 is 2.14 bits per heavy atom. The number of pyridine rings is 1. The first-order valence-electron chi connectivity index (χ1n) is 5.16. The highest BCUT2D eigenvalue weighted by atomic mass is 16.5. The number of hydrogen-bond acceptors (Lipinski definition) is 3. The van der Waals surface area contributed by atoms with Crippen LogP contribution in [0.25, 0.3) is 0 Å². The minimum atomic E-state index is 0.472. The molecule has 0 spiro atoms. The average molecular weight is 192 g/mol. The summed E-state index contributed by atoms with van der Waals surface area (Å²) < 4.78 is 5.49. The first kappa shape index (κ1) is 9.46. The molecule has 3 heteroatoms. The Hall–Kier alpha value is -1.09. The molecule has 1 N–H and O–H groups in total. The summed E-state index contributed by atoms with van der Waals surface area (Å²) in [6.07, 6.45) is 6.33. The fraction of sp³-hybridized carbons (Fsp3) is 0.545. The third kappa shape index (κ3) is 2.23. The van der Waals surface area contributed by atoms with Crippen LogP contribution >= 0.6 is 0 Å². The molecule has 1 aromatic heterocycles. The molecule has 76 valence electrons. The van der Waals surface area contributed by atoms with Crippen molar-refractivity contribution < 1.29 is 4.74 Å². The van der Waals surface area contributed by atoms with Gasteiger partial charge in [-0.25, -0.2) is 0 Å². The normalized spacial score (nSPS) is 25.5. The first-order valence-corrected chi connectivity index (χ1v) is 5.16. The minimum Gasteiger partial charge on any atom is -0.382 e. The second-order valence-corrected chi connectivity index (χ2v) is 3.63. The molecule has 1 saturated carbocycles. The fourth-order valence-electron chi connectivity index (χ4n) is 1.74. The van der Waals surface area contributed by atoms with E-state index in [4.69, 9.17) is 4.74 Å². The lowest BCUT2D eigenvalue weighted by Crippen LogP contribution is -2.40. The Labute approximate surface area is 84.5 Å². The van der Waals surface area contributed by atoms with Crippen molar-refractivity contribution in [2.45, 2.75) is 31.9 Å². The van der Waals surface area contributed by atoms with Crippen LogP contribution in [0.2, 0.25) is 0 Å². The quantitative estimate of drug-likeness (QED) is 0.793. The number of hydrogen-bond donors (Lipinski definition) is 1. The number of ether oxygens (including phenoxy) is 1. The van der Waals surface area contributed by atoms with Crippen molar-refractivity contribution >= 4 is 5.69 Å². The van der Waals surface area contributed by atoms with E-state index in [9.17, 15) is 0 Å². The Kier molecular flexibility index (Phi) is 2.99. The van der Waals surface area contributed by atoms with E-state index in [1.165, 1.54) is 0 Å². The van der Waals surface area contributed by atoms with Crippen LogP contribution in [0, 0.1) is 0 Å². The van der Waals surface area contributed by atoms with Crippen LogP contribution in [0.4, 0.5) is 5.69 Å². The Balaban J connectivity index is 1.74. The largest absolute Gasteiger partial charge is 0.382 e. The van der Waals surface area contributed by atoms with Crippen molar-refractivity contribution in [1.82, 2.24) is 4.98 Å². The van der Waals surface area contributed by atoms with Gasteiger partial charge in [0.2, 0.25) is 0 Å². The highest BCUT2D eigenvalue weighted by Crippen LogP contribution is 2.26. The predicted octanol–water partition coefficient (Wildman–Crippen LogP) is 2.06. The van der Waals surface area contributed by atoms with Crippen LogP contribution in [0.5, 0.6) is 0 Å². The van der Waals surface area contributed by atoms with E-state index < -0.39 is 0 Å². The van der Waals surface area contributed by atoms with Gasteiger partial charge in [0.25, 0.3) is 0 Å². The van der Waals surface area contributed by atoms with Gasteiger partial charge in [-0.2, -0.15) is 0 Å². The standard InChI is InChI=1S/C11H16N2O/c1-2-14-11-7-10(8-11)13-9-3-5-12-6-4-9/h3-6,10-11H,2,7-8H2,1H3,(H,12,13). The van der Waals surface area contributed by atoms with Crippen molar-refractivity contribution in [2.75, 3.05) is 11.9 Å². The molecule has 0 amide bonds. The summed E-state index contributed by atoms with van der Waals surface area (Å²) in [5, 5.41) is 3.45. The van der Waals surface area contributed by atoms with E-state index in [2.05, 4.69) is 10.3 Å². The van der Waals surface area contributed by atoms with Crippen molar-refractivity contribution in [3.63, 3.8) is 0 Å². The summed E-state index contributed by atoms with van der Waals surface area (Å²) in [4.78, 5) is 3.98. The number of nitrogens with one attached hydrogen (secondary N) is 1. The molecule has 0 atom stereocenters. The molecule has 0 aliphatic heterocycles. The van der Waals surface area contributed by atoms with Gasteiger partial charge in [0.15, 0.2) is 0 Å². The van der Waals surface area contributed by atoms with Crippen LogP contribution in [0.1, 0.15) is 19.8 Å². The van der Waals surface area contributed by atoms with Crippen LogP contribution < -0.4 is 5.32 Å². The molecule has 1 heterocycles. The summed E-state index contributed by atoms with van der Waals surface area (Å²) >= 11 is 0.